The van der Waals surface area contributed by atoms with Crippen molar-refractivity contribution in [1.82, 2.24) is 0 Å². The summed E-state index contributed by atoms with van der Waals surface area (Å²) in [5.41, 5.74) is -0.678. The Labute approximate surface area is 115 Å². The van der Waals surface area contributed by atoms with Crippen molar-refractivity contribution >= 4 is 33.3 Å². The van der Waals surface area contributed by atoms with E-state index in [1.807, 2.05) is 0 Å². The Morgan fingerprint density at radius 1 is 1.21 bits per heavy atom. The molecule has 0 saturated carbocycles. The number of piperidine rings is 1. The van der Waals surface area contributed by atoms with Gasteiger partial charge in [-0.05, 0) is 34.1 Å². The van der Waals surface area contributed by atoms with Crippen LogP contribution in [0.3, 0.4) is 0 Å². The zero-order chi connectivity index (χ0) is 14.2. The van der Waals surface area contributed by atoms with Crippen molar-refractivity contribution in [1.29, 1.82) is 0 Å². The van der Waals surface area contributed by atoms with Crippen LogP contribution in [-0.4, -0.2) is 18.2 Å². The molecule has 1 fully saturated rings. The molecule has 1 aliphatic rings. The first-order valence-corrected chi connectivity index (χ1v) is 6.27. The molecule has 1 aromatic rings. The molecule has 0 bridgehead atoms. The number of rotatable bonds is 1. The number of Topliss-reactive ketones (excluding diaryl/α,β-unsaturated/α-hetero) is 1. The number of ketones is 1. The third-order valence-corrected chi connectivity index (χ3v) is 3.50. The van der Waals surface area contributed by atoms with Crippen LogP contribution in [0.4, 0.5) is 18.9 Å². The van der Waals surface area contributed by atoms with Crippen LogP contribution in [0.5, 0.6) is 0 Å². The number of alkyl halides is 3. The fourth-order valence-corrected chi connectivity index (χ4v) is 2.33. The third kappa shape index (κ3) is 2.97. The minimum absolute atomic E-state index is 0.109. The molecule has 0 atom stereocenters. The van der Waals surface area contributed by atoms with Gasteiger partial charge in [0.1, 0.15) is 5.78 Å². The standard InChI is InChI=1S/C12H9BrF3NO2/c13-9-2-1-7(12(14,15)16)5-10(9)17-4-3-8(18)6-11(17)19/h1-2,5H,3-4,6H2. The lowest BCUT2D eigenvalue weighted by molar-refractivity contribution is -0.137. The molecule has 1 aromatic carbocycles. The second kappa shape index (κ2) is 4.96. The highest BCUT2D eigenvalue weighted by atomic mass is 79.9. The van der Waals surface area contributed by atoms with E-state index >= 15 is 0 Å². The molecular weight excluding hydrogens is 327 g/mol. The van der Waals surface area contributed by atoms with Gasteiger partial charge in [-0.1, -0.05) is 0 Å². The fraction of sp³-hybridized carbons (Fsp3) is 0.333. The Balaban J connectivity index is 2.39. The van der Waals surface area contributed by atoms with Gasteiger partial charge < -0.3 is 4.90 Å². The van der Waals surface area contributed by atoms with Crippen molar-refractivity contribution in [2.45, 2.75) is 19.0 Å². The summed E-state index contributed by atoms with van der Waals surface area (Å²) in [5, 5.41) is 0. The van der Waals surface area contributed by atoms with Gasteiger partial charge in [-0.25, -0.2) is 0 Å². The predicted octanol–water partition coefficient (Wildman–Crippen LogP) is 3.16. The smallest absolute Gasteiger partial charge is 0.310 e. The molecule has 7 heteroatoms. The SMILES string of the molecule is O=C1CCN(c2cc(C(F)(F)F)ccc2Br)C(=O)C1. The maximum atomic E-state index is 12.7. The lowest BCUT2D eigenvalue weighted by Gasteiger charge is -2.27. The van der Waals surface area contributed by atoms with Crippen LogP contribution in [0.15, 0.2) is 22.7 Å². The van der Waals surface area contributed by atoms with Gasteiger partial charge in [0.05, 0.1) is 17.7 Å². The van der Waals surface area contributed by atoms with Crippen molar-refractivity contribution in [3.63, 3.8) is 0 Å². The highest BCUT2D eigenvalue weighted by molar-refractivity contribution is 9.10. The van der Waals surface area contributed by atoms with E-state index in [-0.39, 0.29) is 30.9 Å². The second-order valence-electron chi connectivity index (χ2n) is 4.17. The molecule has 0 N–H and O–H groups in total. The number of carbonyl (C=O) groups is 2. The third-order valence-electron chi connectivity index (χ3n) is 2.83. The van der Waals surface area contributed by atoms with Crippen LogP contribution in [0.1, 0.15) is 18.4 Å². The number of amides is 1. The van der Waals surface area contributed by atoms with Crippen LogP contribution in [0.2, 0.25) is 0 Å². The van der Waals surface area contributed by atoms with E-state index in [0.717, 1.165) is 12.1 Å². The maximum Gasteiger partial charge on any atom is 0.416 e. The van der Waals surface area contributed by atoms with Crippen LogP contribution in [-0.2, 0) is 15.8 Å². The zero-order valence-electron chi connectivity index (χ0n) is 9.63. The van der Waals surface area contributed by atoms with Crippen molar-refractivity contribution in [3.8, 4) is 0 Å². The monoisotopic (exact) mass is 335 g/mol. The van der Waals surface area contributed by atoms with E-state index in [4.69, 9.17) is 0 Å². The van der Waals surface area contributed by atoms with Crippen molar-refractivity contribution in [3.05, 3.63) is 28.2 Å². The normalized spacial score (nSPS) is 16.9. The summed E-state index contributed by atoms with van der Waals surface area (Å²) in [6.45, 7) is 0.109. The Morgan fingerprint density at radius 2 is 1.89 bits per heavy atom. The first-order valence-electron chi connectivity index (χ1n) is 5.48. The number of nitrogens with zero attached hydrogens (tertiary/aromatic N) is 1. The van der Waals surface area contributed by atoms with E-state index in [2.05, 4.69) is 15.9 Å². The summed E-state index contributed by atoms with van der Waals surface area (Å²) in [5.74, 6) is -0.666. The molecule has 2 rings (SSSR count). The van der Waals surface area contributed by atoms with Gasteiger partial charge in [0.15, 0.2) is 0 Å². The minimum atomic E-state index is -4.47. The molecule has 1 aliphatic heterocycles. The molecule has 0 spiro atoms. The van der Waals surface area contributed by atoms with Crippen molar-refractivity contribution in [2.24, 2.45) is 0 Å². The molecule has 0 radical (unpaired) electrons. The second-order valence-corrected chi connectivity index (χ2v) is 5.03. The topological polar surface area (TPSA) is 37.4 Å². The summed E-state index contributed by atoms with van der Waals surface area (Å²) in [6.07, 6.45) is -4.57. The summed E-state index contributed by atoms with van der Waals surface area (Å²) < 4.78 is 38.4. The molecule has 1 heterocycles. The zero-order valence-corrected chi connectivity index (χ0v) is 11.2. The van der Waals surface area contributed by atoms with Gasteiger partial charge >= 0.3 is 6.18 Å². The van der Waals surface area contributed by atoms with E-state index in [9.17, 15) is 22.8 Å². The molecule has 1 saturated heterocycles. The Bertz CT molecular complexity index is 542. The van der Waals surface area contributed by atoms with Gasteiger partial charge in [-0.2, -0.15) is 13.2 Å². The molecule has 3 nitrogen and oxygen atoms in total. The van der Waals surface area contributed by atoms with Crippen molar-refractivity contribution < 1.29 is 22.8 Å². The summed E-state index contributed by atoms with van der Waals surface area (Å²) >= 11 is 3.13. The average Bonchev–Trinajstić information content (AvgIpc) is 2.29. The van der Waals surface area contributed by atoms with Gasteiger partial charge in [-0.3, -0.25) is 9.59 Å². The molecule has 102 valence electrons. The number of halogens is 4. The quantitative estimate of drug-likeness (QED) is 0.739. The van der Waals surface area contributed by atoms with E-state index in [1.165, 1.54) is 11.0 Å². The summed E-state index contributed by atoms with van der Waals surface area (Å²) in [7, 11) is 0. The Hall–Kier alpha value is -1.37. The summed E-state index contributed by atoms with van der Waals surface area (Å²) in [4.78, 5) is 24.1. The van der Waals surface area contributed by atoms with Crippen LogP contribution in [0, 0.1) is 0 Å². The van der Waals surface area contributed by atoms with Crippen LogP contribution >= 0.6 is 15.9 Å². The summed E-state index contributed by atoms with van der Waals surface area (Å²) in [6, 6.07) is 3.10. The number of hydrogen-bond acceptors (Lipinski definition) is 2. The van der Waals surface area contributed by atoms with Gasteiger partial charge in [0.25, 0.3) is 0 Å². The first kappa shape index (κ1) is 14.0. The van der Waals surface area contributed by atoms with E-state index in [0.29, 0.717) is 4.47 Å². The number of anilines is 1. The molecule has 0 aliphatic carbocycles. The predicted molar refractivity (Wildman–Crippen MR) is 65.7 cm³/mol. The molecular formula is C12H9BrF3NO2. The molecule has 0 unspecified atom stereocenters. The Morgan fingerprint density at radius 3 is 2.47 bits per heavy atom. The number of hydrogen-bond donors (Lipinski definition) is 0. The lowest BCUT2D eigenvalue weighted by Crippen LogP contribution is -2.39. The average molecular weight is 336 g/mol. The van der Waals surface area contributed by atoms with E-state index < -0.39 is 17.6 Å². The highest BCUT2D eigenvalue weighted by Gasteiger charge is 2.33. The highest BCUT2D eigenvalue weighted by Crippen LogP contribution is 2.36. The van der Waals surface area contributed by atoms with Gasteiger partial charge in [-0.15, -0.1) is 0 Å². The molecule has 1 amide bonds. The fourth-order valence-electron chi connectivity index (χ4n) is 1.86. The molecule has 0 aromatic heterocycles. The van der Waals surface area contributed by atoms with Crippen molar-refractivity contribution in [2.75, 3.05) is 11.4 Å². The minimum Gasteiger partial charge on any atom is -0.310 e. The number of benzene rings is 1. The van der Waals surface area contributed by atoms with Crippen LogP contribution < -0.4 is 4.90 Å². The van der Waals surface area contributed by atoms with Crippen LogP contribution in [0.25, 0.3) is 0 Å². The first-order chi connectivity index (χ1) is 8.79. The van der Waals surface area contributed by atoms with Gasteiger partial charge in [0.2, 0.25) is 5.91 Å². The molecule has 19 heavy (non-hydrogen) atoms. The van der Waals surface area contributed by atoms with Gasteiger partial charge in [0, 0.05) is 17.4 Å². The largest absolute Gasteiger partial charge is 0.416 e. The van der Waals surface area contributed by atoms with E-state index in [1.54, 1.807) is 0 Å². The maximum absolute atomic E-state index is 12.7. The number of carbonyl (C=O) groups excluding carboxylic acids is 2. The lowest BCUT2D eigenvalue weighted by atomic mass is 10.1. The Kier molecular flexibility index (Phi) is 3.66.